The van der Waals surface area contributed by atoms with E-state index in [4.69, 9.17) is 4.98 Å². The molecule has 0 radical (unpaired) electrons. The average molecular weight is 342 g/mol. The Hall–Kier alpha value is -2.01. The van der Waals surface area contributed by atoms with Crippen molar-refractivity contribution in [3.63, 3.8) is 0 Å². The summed E-state index contributed by atoms with van der Waals surface area (Å²) in [4.78, 5) is 19.9. The van der Waals surface area contributed by atoms with E-state index in [0.29, 0.717) is 11.7 Å². The molecule has 2 heterocycles. The number of benzene rings is 1. The molecule has 2 aromatic heterocycles. The maximum absolute atomic E-state index is 13.1. The van der Waals surface area contributed by atoms with Gasteiger partial charge in [-0.15, -0.1) is 11.3 Å². The van der Waals surface area contributed by atoms with Crippen LogP contribution in [0.4, 0.5) is 4.39 Å². The molecule has 5 heteroatoms. The lowest BCUT2D eigenvalue weighted by Gasteiger charge is -2.17. The van der Waals surface area contributed by atoms with E-state index < -0.39 is 6.67 Å². The highest BCUT2D eigenvalue weighted by Crippen LogP contribution is 2.36. The van der Waals surface area contributed by atoms with Crippen molar-refractivity contribution in [2.45, 2.75) is 32.7 Å². The van der Waals surface area contributed by atoms with Crippen LogP contribution in [0, 0.1) is 5.92 Å². The molecule has 3 nitrogen and oxygen atoms in total. The van der Waals surface area contributed by atoms with Gasteiger partial charge < -0.3 is 0 Å². The maximum atomic E-state index is 13.1. The van der Waals surface area contributed by atoms with Crippen LogP contribution in [0.2, 0.25) is 0 Å². The van der Waals surface area contributed by atoms with Gasteiger partial charge in [-0.25, -0.2) is 9.37 Å². The van der Waals surface area contributed by atoms with Gasteiger partial charge in [-0.05, 0) is 30.7 Å². The van der Waals surface area contributed by atoms with Gasteiger partial charge in [0.05, 0.1) is 11.9 Å². The molecule has 1 atom stereocenters. The summed E-state index contributed by atoms with van der Waals surface area (Å²) in [5, 5.41) is 0.718. The van der Waals surface area contributed by atoms with Gasteiger partial charge in [0, 0.05) is 10.4 Å². The van der Waals surface area contributed by atoms with Crippen LogP contribution in [0.1, 0.15) is 23.8 Å². The highest BCUT2D eigenvalue weighted by atomic mass is 32.1. The van der Waals surface area contributed by atoms with E-state index in [2.05, 4.69) is 6.92 Å². The topological polar surface area (TPSA) is 34.9 Å². The molecule has 1 aliphatic carbocycles. The molecule has 1 aliphatic rings. The first-order chi connectivity index (χ1) is 11.7. The number of fused-ring (bicyclic) bond motifs is 3. The summed E-state index contributed by atoms with van der Waals surface area (Å²) in [6.45, 7) is 1.72. The molecule has 4 rings (SSSR count). The lowest BCUT2D eigenvalue weighted by Crippen LogP contribution is -2.25. The Morgan fingerprint density at radius 3 is 2.88 bits per heavy atom. The zero-order chi connectivity index (χ0) is 16.7. The fourth-order valence-electron chi connectivity index (χ4n) is 3.52. The van der Waals surface area contributed by atoms with Crippen molar-refractivity contribution >= 4 is 21.6 Å². The minimum Gasteiger partial charge on any atom is -0.289 e. The first kappa shape index (κ1) is 15.5. The Morgan fingerprint density at radius 1 is 1.33 bits per heavy atom. The maximum Gasteiger partial charge on any atom is 0.262 e. The first-order valence-electron chi connectivity index (χ1n) is 8.35. The molecule has 0 aliphatic heterocycles. The van der Waals surface area contributed by atoms with Gasteiger partial charge in [-0.2, -0.15) is 0 Å². The van der Waals surface area contributed by atoms with E-state index in [1.807, 2.05) is 30.3 Å². The predicted octanol–water partition coefficient (Wildman–Crippen LogP) is 4.22. The second-order valence-corrected chi connectivity index (χ2v) is 7.56. The monoisotopic (exact) mass is 342 g/mol. The third kappa shape index (κ3) is 2.47. The number of rotatable bonds is 3. The van der Waals surface area contributed by atoms with Gasteiger partial charge in [0.15, 0.2) is 0 Å². The molecule has 3 aromatic rings. The molecule has 24 heavy (non-hydrogen) atoms. The van der Waals surface area contributed by atoms with Crippen molar-refractivity contribution in [3.05, 3.63) is 51.1 Å². The van der Waals surface area contributed by atoms with E-state index in [9.17, 15) is 9.18 Å². The van der Waals surface area contributed by atoms with Gasteiger partial charge in [0.2, 0.25) is 0 Å². The zero-order valence-corrected chi connectivity index (χ0v) is 14.4. The molecular weight excluding hydrogens is 323 g/mol. The third-order valence-corrected chi connectivity index (χ3v) is 5.90. The molecule has 1 aromatic carbocycles. The van der Waals surface area contributed by atoms with E-state index in [-0.39, 0.29) is 12.1 Å². The van der Waals surface area contributed by atoms with E-state index in [1.54, 1.807) is 11.3 Å². The Kier molecular flexibility index (Phi) is 3.96. The Labute approximate surface area is 143 Å². The summed E-state index contributed by atoms with van der Waals surface area (Å²) < 4.78 is 14.6. The predicted molar refractivity (Wildman–Crippen MR) is 96.5 cm³/mol. The normalized spacial score (nSPS) is 17.2. The number of hydrogen-bond acceptors (Lipinski definition) is 3. The largest absolute Gasteiger partial charge is 0.289 e. The molecule has 0 fully saturated rings. The van der Waals surface area contributed by atoms with Gasteiger partial charge in [-0.1, -0.05) is 37.3 Å². The third-order valence-electron chi connectivity index (χ3n) is 4.76. The molecule has 0 amide bonds. The summed E-state index contributed by atoms with van der Waals surface area (Å²) >= 11 is 1.64. The van der Waals surface area contributed by atoms with Crippen LogP contribution in [0.3, 0.4) is 0 Å². The molecule has 124 valence electrons. The van der Waals surface area contributed by atoms with Gasteiger partial charge in [0.25, 0.3) is 5.56 Å². The standard InChI is InChI=1S/C19H19FN2OS/c1-12-7-8-14-15(11-12)24-18-16(14)19(23)22(10-9-20)17(21-18)13-5-3-2-4-6-13/h2-6,12H,7-11H2,1H3. The van der Waals surface area contributed by atoms with Crippen molar-refractivity contribution in [1.82, 2.24) is 9.55 Å². The zero-order valence-electron chi connectivity index (χ0n) is 13.6. The lowest BCUT2D eigenvalue weighted by atomic mass is 9.89. The fraction of sp³-hybridized carbons (Fsp3) is 0.368. The molecule has 0 spiro atoms. The number of thiophene rings is 1. The Bertz CT molecular complexity index is 945. The molecule has 0 bridgehead atoms. The highest BCUT2D eigenvalue weighted by Gasteiger charge is 2.24. The van der Waals surface area contributed by atoms with E-state index in [1.165, 1.54) is 9.44 Å². The van der Waals surface area contributed by atoms with Gasteiger partial charge in [0.1, 0.15) is 17.3 Å². The molecule has 0 saturated carbocycles. The number of halogens is 1. The lowest BCUT2D eigenvalue weighted by molar-refractivity contribution is 0.441. The fourth-order valence-corrected chi connectivity index (χ4v) is 4.90. The van der Waals surface area contributed by atoms with Gasteiger partial charge >= 0.3 is 0 Å². The quantitative estimate of drug-likeness (QED) is 0.714. The van der Waals surface area contributed by atoms with Crippen molar-refractivity contribution in [3.8, 4) is 11.4 Å². The number of hydrogen-bond donors (Lipinski definition) is 0. The van der Waals surface area contributed by atoms with Crippen molar-refractivity contribution in [1.29, 1.82) is 0 Å². The minimum atomic E-state index is -0.573. The van der Waals surface area contributed by atoms with Crippen molar-refractivity contribution in [2.24, 2.45) is 5.92 Å². The number of nitrogens with zero attached hydrogens (tertiary/aromatic N) is 2. The van der Waals surface area contributed by atoms with Crippen LogP contribution in [-0.2, 0) is 19.4 Å². The van der Waals surface area contributed by atoms with Crippen LogP contribution < -0.4 is 5.56 Å². The molecule has 1 unspecified atom stereocenters. The Morgan fingerprint density at radius 2 is 2.12 bits per heavy atom. The summed E-state index contributed by atoms with van der Waals surface area (Å²) in [5.74, 6) is 1.21. The van der Waals surface area contributed by atoms with Crippen molar-refractivity contribution in [2.75, 3.05) is 6.67 Å². The smallest absolute Gasteiger partial charge is 0.262 e. The average Bonchev–Trinajstić information content (AvgIpc) is 2.95. The van der Waals surface area contributed by atoms with Crippen LogP contribution in [0.25, 0.3) is 21.6 Å². The SMILES string of the molecule is CC1CCc2c(sc3nc(-c4ccccc4)n(CCF)c(=O)c23)C1. The second kappa shape index (κ2) is 6.13. The molecule has 0 N–H and O–H groups in total. The Balaban J connectivity index is 2.00. The summed E-state index contributed by atoms with van der Waals surface area (Å²) in [7, 11) is 0. The van der Waals surface area contributed by atoms with E-state index in [0.717, 1.165) is 40.6 Å². The molecule has 0 saturated heterocycles. The second-order valence-electron chi connectivity index (χ2n) is 6.48. The van der Waals surface area contributed by atoms with Crippen LogP contribution in [0.5, 0.6) is 0 Å². The first-order valence-corrected chi connectivity index (χ1v) is 9.17. The van der Waals surface area contributed by atoms with Crippen LogP contribution in [0.15, 0.2) is 35.1 Å². The van der Waals surface area contributed by atoms with E-state index >= 15 is 0 Å². The minimum absolute atomic E-state index is 0.0486. The van der Waals surface area contributed by atoms with Crippen molar-refractivity contribution < 1.29 is 4.39 Å². The number of aryl methyl sites for hydroxylation is 1. The number of alkyl halides is 1. The van der Waals surface area contributed by atoms with Gasteiger partial charge in [-0.3, -0.25) is 9.36 Å². The van der Waals surface area contributed by atoms with Crippen LogP contribution in [-0.4, -0.2) is 16.2 Å². The number of aromatic nitrogens is 2. The molecular formula is C19H19FN2OS. The van der Waals surface area contributed by atoms with Crippen LogP contribution >= 0.6 is 11.3 Å². The summed E-state index contributed by atoms with van der Waals surface area (Å²) in [6.07, 6.45) is 3.04. The highest BCUT2D eigenvalue weighted by molar-refractivity contribution is 7.18. The summed E-state index contributed by atoms with van der Waals surface area (Å²) in [5.41, 5.74) is 1.91. The summed E-state index contributed by atoms with van der Waals surface area (Å²) in [6, 6.07) is 9.57.